The van der Waals surface area contributed by atoms with Crippen molar-refractivity contribution in [3.63, 3.8) is 0 Å². The fraction of sp³-hybridized carbons (Fsp3) is 0.600. The molecule has 2 heterocycles. The van der Waals surface area contributed by atoms with E-state index in [9.17, 15) is 15.2 Å². The molecular formula is C10H14N2O4S. The van der Waals surface area contributed by atoms with Gasteiger partial charge in [-0.25, -0.2) is 0 Å². The van der Waals surface area contributed by atoms with Crippen molar-refractivity contribution in [2.45, 2.75) is 13.0 Å². The highest BCUT2D eigenvalue weighted by Crippen LogP contribution is 2.39. The molecule has 0 bridgehead atoms. The second-order valence-electron chi connectivity index (χ2n) is 3.88. The van der Waals surface area contributed by atoms with Crippen molar-refractivity contribution in [1.82, 2.24) is 0 Å². The van der Waals surface area contributed by atoms with Crippen molar-refractivity contribution in [1.29, 1.82) is 0 Å². The van der Waals surface area contributed by atoms with Crippen LogP contribution in [0.5, 0.6) is 0 Å². The summed E-state index contributed by atoms with van der Waals surface area (Å²) in [6, 6.07) is 1.46. The number of ether oxygens (including phenoxy) is 1. The maximum absolute atomic E-state index is 10.8. The van der Waals surface area contributed by atoms with Gasteiger partial charge in [-0.2, -0.15) is 0 Å². The van der Waals surface area contributed by atoms with Gasteiger partial charge in [-0.1, -0.05) is 0 Å². The lowest BCUT2D eigenvalue weighted by Crippen LogP contribution is -2.36. The van der Waals surface area contributed by atoms with Crippen molar-refractivity contribution in [3.8, 4) is 0 Å². The second-order valence-corrected chi connectivity index (χ2v) is 4.89. The highest BCUT2D eigenvalue weighted by atomic mass is 32.1. The molecule has 1 aliphatic rings. The van der Waals surface area contributed by atoms with Crippen LogP contribution in [0.3, 0.4) is 0 Å². The Kier molecular flexibility index (Phi) is 3.60. The number of rotatable bonds is 3. The predicted octanol–water partition coefficient (Wildman–Crippen LogP) is 1.55. The lowest BCUT2D eigenvalue weighted by atomic mass is 10.2. The Hall–Kier alpha value is -1.18. The lowest BCUT2D eigenvalue weighted by molar-refractivity contribution is -0.380. The number of morpholine rings is 1. The number of thiophene rings is 1. The van der Waals surface area contributed by atoms with E-state index in [0.29, 0.717) is 31.9 Å². The predicted molar refractivity (Wildman–Crippen MR) is 64.6 cm³/mol. The van der Waals surface area contributed by atoms with Gasteiger partial charge in [-0.05, 0) is 18.3 Å². The van der Waals surface area contributed by atoms with Crippen LogP contribution in [0.25, 0.3) is 0 Å². The molecule has 7 heteroatoms. The molecule has 0 aromatic carbocycles. The van der Waals surface area contributed by atoms with Crippen molar-refractivity contribution in [3.05, 3.63) is 21.7 Å². The van der Waals surface area contributed by atoms with E-state index >= 15 is 0 Å². The van der Waals surface area contributed by atoms with Crippen molar-refractivity contribution in [2.75, 3.05) is 31.2 Å². The average molecular weight is 258 g/mol. The molecular weight excluding hydrogens is 244 g/mol. The number of anilines is 1. The first-order valence-corrected chi connectivity index (χ1v) is 6.20. The molecule has 0 saturated carbocycles. The molecule has 1 aromatic heterocycles. The van der Waals surface area contributed by atoms with Gasteiger partial charge in [0, 0.05) is 24.7 Å². The van der Waals surface area contributed by atoms with Gasteiger partial charge in [-0.3, -0.25) is 10.1 Å². The van der Waals surface area contributed by atoms with E-state index in [4.69, 9.17) is 4.74 Å². The van der Waals surface area contributed by atoms with Gasteiger partial charge in [0.15, 0.2) is 0 Å². The van der Waals surface area contributed by atoms with Crippen LogP contribution < -0.4 is 4.90 Å². The summed E-state index contributed by atoms with van der Waals surface area (Å²) in [5.74, 6) is 0. The monoisotopic (exact) mass is 258 g/mol. The molecule has 0 spiro atoms. The Bertz CT molecular complexity index is 412. The van der Waals surface area contributed by atoms with Crippen molar-refractivity contribution < 1.29 is 14.8 Å². The summed E-state index contributed by atoms with van der Waals surface area (Å²) in [6.45, 7) is 4.26. The van der Waals surface area contributed by atoms with E-state index in [1.165, 1.54) is 6.07 Å². The third-order valence-electron chi connectivity index (χ3n) is 2.66. The minimum Gasteiger partial charge on any atom is -0.389 e. The smallest absolute Gasteiger partial charge is 0.326 e. The zero-order chi connectivity index (χ0) is 12.4. The maximum atomic E-state index is 10.8. The molecule has 1 saturated heterocycles. The van der Waals surface area contributed by atoms with Crippen LogP contribution in [0.1, 0.15) is 18.6 Å². The number of nitrogens with zero attached hydrogens (tertiary/aromatic N) is 2. The molecule has 0 amide bonds. The second kappa shape index (κ2) is 4.99. The van der Waals surface area contributed by atoms with Crippen molar-refractivity contribution in [2.24, 2.45) is 0 Å². The molecule has 0 aliphatic carbocycles. The van der Waals surface area contributed by atoms with E-state index < -0.39 is 11.0 Å². The molecule has 2 rings (SSSR count). The largest absolute Gasteiger partial charge is 0.389 e. The Labute approximate surface area is 103 Å². The Morgan fingerprint density at radius 3 is 2.76 bits per heavy atom. The number of hydrogen-bond donors (Lipinski definition) is 1. The molecule has 1 unspecified atom stereocenters. The molecule has 1 aromatic rings. The van der Waals surface area contributed by atoms with E-state index in [-0.39, 0.29) is 5.00 Å². The van der Waals surface area contributed by atoms with Gasteiger partial charge >= 0.3 is 5.00 Å². The van der Waals surface area contributed by atoms with Crippen LogP contribution >= 0.6 is 11.3 Å². The quantitative estimate of drug-likeness (QED) is 0.657. The zero-order valence-electron chi connectivity index (χ0n) is 9.46. The van der Waals surface area contributed by atoms with Gasteiger partial charge in [-0.15, -0.1) is 0 Å². The van der Waals surface area contributed by atoms with Crippen LogP contribution in [0.2, 0.25) is 0 Å². The molecule has 1 fully saturated rings. The summed E-state index contributed by atoms with van der Waals surface area (Å²) >= 11 is 1.11. The standard InChI is InChI=1S/C10H14N2O4S/c1-7(13)8-6-9(12(14)15)17-10(8)11-2-4-16-5-3-11/h6-7,13H,2-5H2,1H3. The van der Waals surface area contributed by atoms with E-state index in [1.807, 2.05) is 4.90 Å². The van der Waals surface area contributed by atoms with Crippen LogP contribution in [-0.4, -0.2) is 36.3 Å². The van der Waals surface area contributed by atoms with Gasteiger partial charge in [0.05, 0.1) is 24.2 Å². The number of aliphatic hydroxyl groups excluding tert-OH is 1. The SMILES string of the molecule is CC(O)c1cc([N+](=O)[O-])sc1N1CCOCC1. The Morgan fingerprint density at radius 2 is 2.24 bits per heavy atom. The van der Waals surface area contributed by atoms with Gasteiger partial charge in [0.1, 0.15) is 5.00 Å². The maximum Gasteiger partial charge on any atom is 0.326 e. The average Bonchev–Trinajstić information content (AvgIpc) is 2.75. The highest BCUT2D eigenvalue weighted by molar-refractivity contribution is 7.19. The summed E-state index contributed by atoms with van der Waals surface area (Å²) in [5, 5.41) is 21.3. The first kappa shape index (κ1) is 12.3. The normalized spacial score (nSPS) is 18.1. The fourth-order valence-electron chi connectivity index (χ4n) is 1.79. The summed E-state index contributed by atoms with van der Waals surface area (Å²) in [5.41, 5.74) is 0.628. The highest BCUT2D eigenvalue weighted by Gasteiger charge is 2.24. The number of nitro groups is 1. The van der Waals surface area contributed by atoms with Gasteiger partial charge in [0.2, 0.25) is 0 Å². The van der Waals surface area contributed by atoms with Crippen LogP contribution in [0.15, 0.2) is 6.07 Å². The summed E-state index contributed by atoms with van der Waals surface area (Å²) in [4.78, 5) is 12.4. The molecule has 1 aliphatic heterocycles. The summed E-state index contributed by atoms with van der Waals surface area (Å²) < 4.78 is 5.24. The van der Waals surface area contributed by atoms with Crippen LogP contribution in [0, 0.1) is 10.1 Å². The number of aliphatic hydroxyl groups is 1. The van der Waals surface area contributed by atoms with Crippen LogP contribution in [-0.2, 0) is 4.74 Å². The Balaban J connectivity index is 2.32. The number of hydrogen-bond acceptors (Lipinski definition) is 6. The summed E-state index contributed by atoms with van der Waals surface area (Å²) in [7, 11) is 0. The van der Waals surface area contributed by atoms with E-state index in [2.05, 4.69) is 0 Å². The van der Waals surface area contributed by atoms with Gasteiger partial charge in [0.25, 0.3) is 0 Å². The molecule has 17 heavy (non-hydrogen) atoms. The first-order chi connectivity index (χ1) is 8.09. The first-order valence-electron chi connectivity index (χ1n) is 5.38. The van der Waals surface area contributed by atoms with E-state index in [1.54, 1.807) is 6.92 Å². The molecule has 1 N–H and O–H groups in total. The van der Waals surface area contributed by atoms with Crippen LogP contribution in [0.4, 0.5) is 10.0 Å². The topological polar surface area (TPSA) is 75.8 Å². The van der Waals surface area contributed by atoms with Crippen molar-refractivity contribution >= 4 is 21.3 Å². The Morgan fingerprint density at radius 1 is 1.59 bits per heavy atom. The molecule has 6 nitrogen and oxygen atoms in total. The fourth-order valence-corrected chi connectivity index (χ4v) is 2.90. The molecule has 94 valence electrons. The minimum absolute atomic E-state index is 0.0717. The third kappa shape index (κ3) is 2.56. The lowest BCUT2D eigenvalue weighted by Gasteiger charge is -2.28. The molecule has 0 radical (unpaired) electrons. The van der Waals surface area contributed by atoms with Gasteiger partial charge < -0.3 is 14.7 Å². The minimum atomic E-state index is -0.696. The zero-order valence-corrected chi connectivity index (χ0v) is 10.3. The summed E-state index contributed by atoms with van der Waals surface area (Å²) in [6.07, 6.45) is -0.696. The third-order valence-corrected chi connectivity index (χ3v) is 3.82. The van der Waals surface area contributed by atoms with E-state index in [0.717, 1.165) is 16.3 Å². The molecule has 1 atom stereocenters.